The highest BCUT2D eigenvalue weighted by atomic mass is 16.2. The first-order valence-electron chi connectivity index (χ1n) is 6.79. The molecule has 0 amide bonds. The Kier molecular flexibility index (Phi) is 5.26. The lowest BCUT2D eigenvalue weighted by Crippen LogP contribution is -2.23. The Balaban J connectivity index is 1.92. The third kappa shape index (κ3) is 4.18. The highest BCUT2D eigenvalue weighted by Gasteiger charge is 2.08. The van der Waals surface area contributed by atoms with Crippen LogP contribution in [-0.2, 0) is 6.54 Å². The number of aliphatic hydroxyl groups excluding tert-OH is 1. The van der Waals surface area contributed by atoms with E-state index < -0.39 is 0 Å². The summed E-state index contributed by atoms with van der Waals surface area (Å²) in [6.07, 6.45) is 5.43. The first kappa shape index (κ1) is 13.1. The molecule has 0 aliphatic carbocycles. The normalized spacial score (nSPS) is 16.7. The highest BCUT2D eigenvalue weighted by molar-refractivity contribution is 5.36. The van der Waals surface area contributed by atoms with Gasteiger partial charge in [-0.05, 0) is 43.6 Å². The summed E-state index contributed by atoms with van der Waals surface area (Å²) in [5.74, 6) is 5.59. The van der Waals surface area contributed by atoms with E-state index in [0.717, 1.165) is 12.1 Å². The van der Waals surface area contributed by atoms with E-state index in [-0.39, 0.29) is 6.61 Å². The van der Waals surface area contributed by atoms with Gasteiger partial charge in [-0.25, -0.2) is 0 Å². The molecule has 2 nitrogen and oxygen atoms in total. The molecule has 0 unspecified atom stereocenters. The minimum absolute atomic E-state index is 0.0739. The Labute approximate surface area is 110 Å². The molecule has 0 saturated carbocycles. The molecular weight excluding hydrogens is 222 g/mol. The van der Waals surface area contributed by atoms with Crippen LogP contribution in [0.3, 0.4) is 0 Å². The summed E-state index contributed by atoms with van der Waals surface area (Å²) in [5, 5.41) is 8.64. The second-order valence-electron chi connectivity index (χ2n) is 4.85. The van der Waals surface area contributed by atoms with Crippen molar-refractivity contribution < 1.29 is 5.11 Å². The van der Waals surface area contributed by atoms with Gasteiger partial charge in [0.1, 0.15) is 6.61 Å². The van der Waals surface area contributed by atoms with Crippen LogP contribution in [0.1, 0.15) is 36.8 Å². The van der Waals surface area contributed by atoms with Gasteiger partial charge < -0.3 is 5.11 Å². The molecule has 0 radical (unpaired) electrons. The number of hydrogen-bond donors (Lipinski definition) is 1. The lowest BCUT2D eigenvalue weighted by Gasteiger charge is -2.19. The van der Waals surface area contributed by atoms with Crippen LogP contribution in [0.15, 0.2) is 24.3 Å². The van der Waals surface area contributed by atoms with Crippen molar-refractivity contribution in [1.29, 1.82) is 0 Å². The van der Waals surface area contributed by atoms with Gasteiger partial charge in [0.2, 0.25) is 0 Å². The van der Waals surface area contributed by atoms with Gasteiger partial charge in [-0.3, -0.25) is 4.90 Å². The average molecular weight is 243 g/mol. The van der Waals surface area contributed by atoms with Crippen molar-refractivity contribution in [2.45, 2.75) is 32.2 Å². The third-order valence-corrected chi connectivity index (χ3v) is 3.37. The SMILES string of the molecule is OCC#Cc1ccc(CN2CCCCCC2)cc1. The van der Waals surface area contributed by atoms with Crippen LogP contribution < -0.4 is 0 Å². The smallest absolute Gasteiger partial charge is 0.104 e. The fourth-order valence-electron chi connectivity index (χ4n) is 2.39. The van der Waals surface area contributed by atoms with Gasteiger partial charge in [0.05, 0.1) is 0 Å². The maximum Gasteiger partial charge on any atom is 0.104 e. The largest absolute Gasteiger partial charge is 0.384 e. The van der Waals surface area contributed by atoms with Crippen LogP contribution in [0.5, 0.6) is 0 Å². The maximum absolute atomic E-state index is 8.64. The molecular formula is C16H21NO. The summed E-state index contributed by atoms with van der Waals surface area (Å²) in [5.41, 5.74) is 2.33. The summed E-state index contributed by atoms with van der Waals surface area (Å²) in [6, 6.07) is 8.37. The minimum atomic E-state index is -0.0739. The predicted octanol–water partition coefficient (Wildman–Crippen LogP) is 2.41. The maximum atomic E-state index is 8.64. The van der Waals surface area contributed by atoms with Crippen LogP contribution in [0, 0.1) is 11.8 Å². The molecule has 1 N–H and O–H groups in total. The van der Waals surface area contributed by atoms with E-state index in [0.29, 0.717) is 0 Å². The summed E-state index contributed by atoms with van der Waals surface area (Å²) in [4.78, 5) is 2.54. The highest BCUT2D eigenvalue weighted by Crippen LogP contribution is 2.13. The molecule has 1 heterocycles. The number of aliphatic hydroxyl groups is 1. The second-order valence-corrected chi connectivity index (χ2v) is 4.85. The zero-order valence-corrected chi connectivity index (χ0v) is 10.9. The molecule has 1 aliphatic heterocycles. The molecule has 1 aromatic rings. The molecule has 18 heavy (non-hydrogen) atoms. The van der Waals surface area contributed by atoms with Crippen LogP contribution >= 0.6 is 0 Å². The molecule has 0 spiro atoms. The molecule has 96 valence electrons. The zero-order chi connectivity index (χ0) is 12.6. The van der Waals surface area contributed by atoms with E-state index in [2.05, 4.69) is 28.9 Å². The van der Waals surface area contributed by atoms with Gasteiger partial charge in [0.15, 0.2) is 0 Å². The van der Waals surface area contributed by atoms with Gasteiger partial charge in [0, 0.05) is 12.1 Å². The van der Waals surface area contributed by atoms with Crippen molar-refractivity contribution in [3.05, 3.63) is 35.4 Å². The zero-order valence-electron chi connectivity index (χ0n) is 10.9. The number of nitrogens with zero attached hydrogens (tertiary/aromatic N) is 1. The molecule has 1 aromatic carbocycles. The Bertz CT molecular complexity index is 405. The van der Waals surface area contributed by atoms with Crippen LogP contribution in [-0.4, -0.2) is 29.7 Å². The van der Waals surface area contributed by atoms with Crippen molar-refractivity contribution in [2.24, 2.45) is 0 Å². The standard InChI is InChI=1S/C16H21NO/c18-13-5-6-15-7-9-16(10-8-15)14-17-11-3-1-2-4-12-17/h7-10,18H,1-4,11-14H2. The first-order chi connectivity index (χ1) is 8.88. The van der Waals surface area contributed by atoms with Gasteiger partial charge in [-0.15, -0.1) is 0 Å². The van der Waals surface area contributed by atoms with E-state index in [1.54, 1.807) is 0 Å². The third-order valence-electron chi connectivity index (χ3n) is 3.37. The van der Waals surface area contributed by atoms with Gasteiger partial charge in [-0.1, -0.05) is 36.8 Å². The predicted molar refractivity (Wildman–Crippen MR) is 74.2 cm³/mol. The van der Waals surface area contributed by atoms with Crippen molar-refractivity contribution in [2.75, 3.05) is 19.7 Å². The molecule has 0 atom stereocenters. The molecule has 1 saturated heterocycles. The van der Waals surface area contributed by atoms with Gasteiger partial charge >= 0.3 is 0 Å². The number of rotatable bonds is 2. The quantitative estimate of drug-likeness (QED) is 0.806. The molecule has 1 fully saturated rings. The van der Waals surface area contributed by atoms with Crippen LogP contribution in [0.4, 0.5) is 0 Å². The van der Waals surface area contributed by atoms with Gasteiger partial charge in [-0.2, -0.15) is 0 Å². The van der Waals surface area contributed by atoms with E-state index in [4.69, 9.17) is 5.11 Å². The van der Waals surface area contributed by atoms with Gasteiger partial charge in [0.25, 0.3) is 0 Å². The van der Waals surface area contributed by atoms with Crippen molar-refractivity contribution in [3.63, 3.8) is 0 Å². The first-order valence-corrected chi connectivity index (χ1v) is 6.79. The Morgan fingerprint density at radius 1 is 1.00 bits per heavy atom. The minimum Gasteiger partial charge on any atom is -0.384 e. The Morgan fingerprint density at radius 3 is 2.28 bits per heavy atom. The monoisotopic (exact) mass is 243 g/mol. The van der Waals surface area contributed by atoms with Crippen molar-refractivity contribution in [3.8, 4) is 11.8 Å². The average Bonchev–Trinajstić information content (AvgIpc) is 2.67. The number of benzene rings is 1. The Hall–Kier alpha value is -1.30. The summed E-state index contributed by atoms with van der Waals surface area (Å²) in [6.45, 7) is 3.43. The van der Waals surface area contributed by atoms with Crippen LogP contribution in [0.2, 0.25) is 0 Å². The molecule has 1 aliphatic rings. The molecule has 2 rings (SSSR count). The van der Waals surface area contributed by atoms with E-state index in [9.17, 15) is 0 Å². The lowest BCUT2D eigenvalue weighted by atomic mass is 10.1. The molecule has 0 aromatic heterocycles. The number of hydrogen-bond acceptors (Lipinski definition) is 2. The molecule has 0 bridgehead atoms. The van der Waals surface area contributed by atoms with Crippen molar-refractivity contribution in [1.82, 2.24) is 4.90 Å². The summed E-state index contributed by atoms with van der Waals surface area (Å²) < 4.78 is 0. The second kappa shape index (κ2) is 7.20. The number of likely N-dealkylation sites (tertiary alicyclic amines) is 1. The van der Waals surface area contributed by atoms with Crippen LogP contribution in [0.25, 0.3) is 0 Å². The van der Waals surface area contributed by atoms with E-state index in [1.807, 2.05) is 12.1 Å². The van der Waals surface area contributed by atoms with E-state index >= 15 is 0 Å². The molecule has 2 heteroatoms. The topological polar surface area (TPSA) is 23.5 Å². The summed E-state index contributed by atoms with van der Waals surface area (Å²) in [7, 11) is 0. The Morgan fingerprint density at radius 2 is 1.67 bits per heavy atom. The fraction of sp³-hybridized carbons (Fsp3) is 0.500. The van der Waals surface area contributed by atoms with E-state index in [1.165, 1.54) is 44.3 Å². The van der Waals surface area contributed by atoms with Crippen molar-refractivity contribution >= 4 is 0 Å². The summed E-state index contributed by atoms with van der Waals surface area (Å²) >= 11 is 0. The fourth-order valence-corrected chi connectivity index (χ4v) is 2.39. The lowest BCUT2D eigenvalue weighted by molar-refractivity contribution is 0.277.